The molecule has 1 aliphatic heterocycles. The molecule has 6 nitrogen and oxygen atoms in total. The molecule has 3 rings (SSSR count). The molecule has 1 aliphatic rings. The first-order valence-corrected chi connectivity index (χ1v) is 6.21. The van der Waals surface area contributed by atoms with Gasteiger partial charge in [-0.25, -0.2) is 9.97 Å². The summed E-state index contributed by atoms with van der Waals surface area (Å²) in [6.07, 6.45) is 2.02. The molecule has 2 aromatic rings. The lowest BCUT2D eigenvalue weighted by Gasteiger charge is -2.35. The Bertz CT molecular complexity index is 557. The van der Waals surface area contributed by atoms with Gasteiger partial charge < -0.3 is 9.64 Å². The first kappa shape index (κ1) is 11.4. The molecule has 1 N–H and O–H groups in total. The zero-order valence-corrected chi connectivity index (χ0v) is 10.8. The third-order valence-corrected chi connectivity index (χ3v) is 3.21. The summed E-state index contributed by atoms with van der Waals surface area (Å²) in [5, 5.41) is 7.28. The van der Waals surface area contributed by atoms with Crippen molar-refractivity contribution in [3.8, 4) is 0 Å². The normalized spacial score (nSPS) is 24.7. The van der Waals surface area contributed by atoms with E-state index >= 15 is 0 Å². The van der Waals surface area contributed by atoms with Crippen LogP contribution in [0.4, 0.5) is 5.82 Å². The van der Waals surface area contributed by atoms with E-state index in [-0.39, 0.29) is 12.2 Å². The van der Waals surface area contributed by atoms with Crippen molar-refractivity contribution in [2.45, 2.75) is 33.0 Å². The Morgan fingerprint density at radius 3 is 2.67 bits per heavy atom. The fraction of sp³-hybridized carbons (Fsp3) is 0.583. The molecule has 0 aromatic carbocycles. The minimum absolute atomic E-state index is 0.207. The van der Waals surface area contributed by atoms with Gasteiger partial charge in [0, 0.05) is 13.1 Å². The lowest BCUT2D eigenvalue weighted by Crippen LogP contribution is -2.46. The van der Waals surface area contributed by atoms with E-state index in [0.717, 1.165) is 35.6 Å². The number of ether oxygens (including phenoxy) is 1. The Kier molecular flexibility index (Phi) is 2.66. The van der Waals surface area contributed by atoms with Crippen LogP contribution in [0.15, 0.2) is 6.33 Å². The van der Waals surface area contributed by atoms with Gasteiger partial charge >= 0.3 is 0 Å². The third-order valence-electron chi connectivity index (χ3n) is 3.21. The van der Waals surface area contributed by atoms with Gasteiger partial charge in [-0.1, -0.05) is 0 Å². The summed E-state index contributed by atoms with van der Waals surface area (Å²) >= 11 is 0. The van der Waals surface area contributed by atoms with Crippen LogP contribution in [-0.2, 0) is 4.74 Å². The molecule has 3 heterocycles. The molecular formula is C12H17N5O. The van der Waals surface area contributed by atoms with Crippen LogP contribution in [0.2, 0.25) is 0 Å². The quantitative estimate of drug-likeness (QED) is 0.822. The fourth-order valence-corrected chi connectivity index (χ4v) is 2.52. The molecule has 0 saturated carbocycles. The molecule has 1 saturated heterocycles. The highest BCUT2D eigenvalue weighted by molar-refractivity contribution is 5.87. The number of hydrogen-bond acceptors (Lipinski definition) is 5. The Morgan fingerprint density at radius 1 is 1.22 bits per heavy atom. The number of aromatic nitrogens is 4. The van der Waals surface area contributed by atoms with Gasteiger partial charge in [0.15, 0.2) is 11.3 Å². The van der Waals surface area contributed by atoms with E-state index in [1.165, 1.54) is 0 Å². The molecule has 2 unspecified atom stereocenters. The van der Waals surface area contributed by atoms with Gasteiger partial charge in [0.1, 0.15) is 11.8 Å². The molecule has 96 valence electrons. The average molecular weight is 247 g/mol. The van der Waals surface area contributed by atoms with E-state index in [4.69, 9.17) is 4.74 Å². The average Bonchev–Trinajstić information content (AvgIpc) is 2.70. The van der Waals surface area contributed by atoms with Crippen molar-refractivity contribution >= 4 is 16.9 Å². The maximum atomic E-state index is 5.74. The van der Waals surface area contributed by atoms with Crippen LogP contribution in [0.3, 0.4) is 0 Å². The van der Waals surface area contributed by atoms with Crippen LogP contribution < -0.4 is 4.90 Å². The van der Waals surface area contributed by atoms with Crippen molar-refractivity contribution in [2.24, 2.45) is 0 Å². The van der Waals surface area contributed by atoms with E-state index in [0.29, 0.717) is 0 Å². The van der Waals surface area contributed by atoms with E-state index in [1.54, 1.807) is 6.33 Å². The van der Waals surface area contributed by atoms with Crippen molar-refractivity contribution in [1.29, 1.82) is 0 Å². The molecule has 0 spiro atoms. The Hall–Kier alpha value is -1.69. The predicted octanol–water partition coefficient (Wildman–Crippen LogP) is 1.27. The number of nitrogens with one attached hydrogen (secondary N) is 1. The van der Waals surface area contributed by atoms with Crippen molar-refractivity contribution < 1.29 is 4.74 Å². The molecule has 0 radical (unpaired) electrons. The highest BCUT2D eigenvalue weighted by Crippen LogP contribution is 2.25. The van der Waals surface area contributed by atoms with Gasteiger partial charge in [-0.15, -0.1) is 0 Å². The second-order valence-electron chi connectivity index (χ2n) is 4.91. The van der Waals surface area contributed by atoms with Gasteiger partial charge in [-0.05, 0) is 20.8 Å². The predicted molar refractivity (Wildman–Crippen MR) is 68.6 cm³/mol. The number of rotatable bonds is 1. The molecule has 0 aliphatic carbocycles. The molecule has 2 aromatic heterocycles. The van der Waals surface area contributed by atoms with Crippen LogP contribution in [0.5, 0.6) is 0 Å². The van der Waals surface area contributed by atoms with Crippen molar-refractivity contribution in [1.82, 2.24) is 20.2 Å². The van der Waals surface area contributed by atoms with E-state index < -0.39 is 0 Å². The van der Waals surface area contributed by atoms with Gasteiger partial charge in [0.05, 0.1) is 17.9 Å². The van der Waals surface area contributed by atoms with Gasteiger partial charge in [-0.3, -0.25) is 5.10 Å². The minimum Gasteiger partial charge on any atom is -0.372 e. The monoisotopic (exact) mass is 247 g/mol. The maximum Gasteiger partial charge on any atom is 0.160 e. The lowest BCUT2D eigenvalue weighted by atomic mass is 10.2. The summed E-state index contributed by atoms with van der Waals surface area (Å²) < 4.78 is 5.74. The third kappa shape index (κ3) is 1.82. The second-order valence-corrected chi connectivity index (χ2v) is 4.91. The Balaban J connectivity index is 2.03. The largest absolute Gasteiger partial charge is 0.372 e. The summed E-state index contributed by atoms with van der Waals surface area (Å²) in [6.45, 7) is 7.80. The number of aryl methyl sites for hydroxylation is 1. The molecular weight excluding hydrogens is 230 g/mol. The second kappa shape index (κ2) is 4.20. The molecule has 0 amide bonds. The zero-order chi connectivity index (χ0) is 12.7. The van der Waals surface area contributed by atoms with Crippen LogP contribution >= 0.6 is 0 Å². The summed E-state index contributed by atoms with van der Waals surface area (Å²) in [4.78, 5) is 10.9. The minimum atomic E-state index is 0.207. The highest BCUT2D eigenvalue weighted by Gasteiger charge is 2.25. The fourth-order valence-electron chi connectivity index (χ4n) is 2.52. The summed E-state index contributed by atoms with van der Waals surface area (Å²) in [6, 6.07) is 0. The molecule has 18 heavy (non-hydrogen) atoms. The zero-order valence-electron chi connectivity index (χ0n) is 10.8. The van der Waals surface area contributed by atoms with Crippen LogP contribution in [-0.4, -0.2) is 45.5 Å². The van der Waals surface area contributed by atoms with E-state index in [2.05, 4.69) is 38.9 Å². The standard InChI is InChI=1S/C12H17N5O/c1-7-4-17(5-8(2)18-7)12-11-10(13-6-14-12)9(3)15-16-11/h6-8H,4-5H2,1-3H3,(H,15,16). The highest BCUT2D eigenvalue weighted by atomic mass is 16.5. The smallest absolute Gasteiger partial charge is 0.160 e. The topological polar surface area (TPSA) is 66.9 Å². The van der Waals surface area contributed by atoms with Gasteiger partial charge in [0.2, 0.25) is 0 Å². The van der Waals surface area contributed by atoms with Crippen LogP contribution in [0.1, 0.15) is 19.5 Å². The first-order valence-electron chi connectivity index (χ1n) is 6.21. The molecule has 6 heteroatoms. The number of anilines is 1. The van der Waals surface area contributed by atoms with Crippen molar-refractivity contribution in [3.63, 3.8) is 0 Å². The maximum absolute atomic E-state index is 5.74. The SMILES string of the molecule is Cc1[nH]nc2c(N3CC(C)OC(C)C3)ncnc12. The van der Waals surface area contributed by atoms with E-state index in [9.17, 15) is 0 Å². The summed E-state index contributed by atoms with van der Waals surface area (Å²) in [7, 11) is 0. The Labute approximate surface area is 105 Å². The lowest BCUT2D eigenvalue weighted by molar-refractivity contribution is -0.00538. The van der Waals surface area contributed by atoms with Crippen molar-refractivity contribution in [3.05, 3.63) is 12.0 Å². The van der Waals surface area contributed by atoms with Crippen LogP contribution in [0, 0.1) is 6.92 Å². The first-order chi connectivity index (χ1) is 8.65. The summed E-state index contributed by atoms with van der Waals surface area (Å²) in [5.41, 5.74) is 2.71. The van der Waals surface area contributed by atoms with Gasteiger partial charge in [0.25, 0.3) is 0 Å². The Morgan fingerprint density at radius 2 is 1.94 bits per heavy atom. The molecule has 1 fully saturated rings. The van der Waals surface area contributed by atoms with E-state index in [1.807, 2.05) is 6.92 Å². The number of fused-ring (bicyclic) bond motifs is 1. The number of morpholine rings is 1. The van der Waals surface area contributed by atoms with Crippen molar-refractivity contribution in [2.75, 3.05) is 18.0 Å². The number of aromatic amines is 1. The van der Waals surface area contributed by atoms with Gasteiger partial charge in [-0.2, -0.15) is 5.10 Å². The number of nitrogens with zero attached hydrogens (tertiary/aromatic N) is 4. The number of H-pyrrole nitrogens is 1. The summed E-state index contributed by atoms with van der Waals surface area (Å²) in [5.74, 6) is 0.895. The van der Waals surface area contributed by atoms with Crippen LogP contribution in [0.25, 0.3) is 11.0 Å². The number of hydrogen-bond donors (Lipinski definition) is 1. The molecule has 2 atom stereocenters. The molecule has 0 bridgehead atoms.